The first-order valence-corrected chi connectivity index (χ1v) is 7.43. The second-order valence-electron chi connectivity index (χ2n) is 4.60. The molecule has 112 valence electrons. The first kappa shape index (κ1) is 15.5. The summed E-state index contributed by atoms with van der Waals surface area (Å²) in [5.74, 6) is 1.82. The maximum atomic E-state index is 13.0. The van der Waals surface area contributed by atoms with Gasteiger partial charge in [-0.2, -0.15) is 0 Å². The van der Waals surface area contributed by atoms with E-state index in [9.17, 15) is 4.39 Å². The van der Waals surface area contributed by atoms with E-state index in [-0.39, 0.29) is 5.82 Å². The van der Waals surface area contributed by atoms with Gasteiger partial charge in [-0.25, -0.2) is 4.39 Å². The summed E-state index contributed by atoms with van der Waals surface area (Å²) in [6, 6.07) is 8.36. The number of nitrogens with two attached hydrogens (primary N) is 1. The highest BCUT2D eigenvalue weighted by atomic mass is 32.2. The van der Waals surface area contributed by atoms with Crippen LogP contribution in [-0.2, 0) is 5.75 Å². The van der Waals surface area contributed by atoms with Crippen molar-refractivity contribution in [3.63, 3.8) is 0 Å². The van der Waals surface area contributed by atoms with Crippen molar-refractivity contribution in [1.82, 2.24) is 0 Å². The Hall–Kier alpha value is -1.88. The molecule has 0 saturated heterocycles. The molecule has 0 spiro atoms. The number of hydrogen-bond donors (Lipinski definition) is 1. The summed E-state index contributed by atoms with van der Waals surface area (Å²) >= 11 is 1.57. The molecule has 2 aromatic carbocycles. The molecule has 0 heterocycles. The molecule has 2 aromatic rings. The van der Waals surface area contributed by atoms with Crippen LogP contribution < -0.4 is 15.2 Å². The van der Waals surface area contributed by atoms with Gasteiger partial charge in [-0.15, -0.1) is 11.8 Å². The lowest BCUT2D eigenvalue weighted by atomic mass is 10.1. The molecule has 0 saturated carbocycles. The van der Waals surface area contributed by atoms with E-state index < -0.39 is 0 Å². The highest BCUT2D eigenvalue weighted by molar-refractivity contribution is 7.98. The van der Waals surface area contributed by atoms with Gasteiger partial charge in [0.1, 0.15) is 5.82 Å². The summed E-state index contributed by atoms with van der Waals surface area (Å²) in [6.07, 6.45) is 0. The topological polar surface area (TPSA) is 44.5 Å². The van der Waals surface area contributed by atoms with E-state index in [1.807, 2.05) is 19.1 Å². The van der Waals surface area contributed by atoms with Gasteiger partial charge in [-0.05, 0) is 48.4 Å². The Balaban J connectivity index is 2.19. The number of thioether (sulfide) groups is 1. The minimum absolute atomic E-state index is 0.320. The molecule has 0 amide bonds. The average Bonchev–Trinajstić information content (AvgIpc) is 2.47. The number of hydrogen-bond acceptors (Lipinski definition) is 4. The molecule has 0 unspecified atom stereocenters. The number of anilines is 1. The predicted octanol–water partition coefficient (Wildman–Crippen LogP) is 4.03. The molecule has 0 fully saturated rings. The van der Waals surface area contributed by atoms with Gasteiger partial charge in [0, 0.05) is 16.3 Å². The number of ether oxygens (including phenoxy) is 2. The fourth-order valence-corrected chi connectivity index (χ4v) is 3.00. The predicted molar refractivity (Wildman–Crippen MR) is 84.7 cm³/mol. The van der Waals surface area contributed by atoms with Gasteiger partial charge in [0.05, 0.1) is 14.2 Å². The molecule has 0 aliphatic heterocycles. The van der Waals surface area contributed by atoms with Gasteiger partial charge < -0.3 is 15.2 Å². The van der Waals surface area contributed by atoms with Gasteiger partial charge in [-0.3, -0.25) is 0 Å². The fraction of sp³-hybridized carbons (Fsp3) is 0.250. The maximum absolute atomic E-state index is 13.0. The number of benzene rings is 2. The van der Waals surface area contributed by atoms with Crippen molar-refractivity contribution < 1.29 is 13.9 Å². The van der Waals surface area contributed by atoms with Crippen LogP contribution in [0, 0.1) is 12.7 Å². The number of aryl methyl sites for hydroxylation is 1. The molecule has 3 nitrogen and oxygen atoms in total. The van der Waals surface area contributed by atoms with Crippen LogP contribution in [-0.4, -0.2) is 14.2 Å². The standard InChI is InChI=1S/C16H18FNO2S/c1-10-6-14(19-2)15(20-3)7-11(10)9-21-16-5-4-12(17)8-13(16)18/h4-8H,9,18H2,1-3H3. The van der Waals surface area contributed by atoms with Crippen molar-refractivity contribution in [2.45, 2.75) is 17.6 Å². The molecule has 0 atom stereocenters. The molecule has 0 bridgehead atoms. The lowest BCUT2D eigenvalue weighted by molar-refractivity contribution is 0.354. The van der Waals surface area contributed by atoms with Crippen LogP contribution in [0.15, 0.2) is 35.2 Å². The first-order chi connectivity index (χ1) is 10.0. The van der Waals surface area contributed by atoms with E-state index in [1.165, 1.54) is 12.1 Å². The molecular weight excluding hydrogens is 289 g/mol. The van der Waals surface area contributed by atoms with Crippen LogP contribution in [0.1, 0.15) is 11.1 Å². The largest absolute Gasteiger partial charge is 0.493 e. The quantitative estimate of drug-likeness (QED) is 0.669. The zero-order chi connectivity index (χ0) is 15.4. The molecule has 0 aliphatic rings. The van der Waals surface area contributed by atoms with E-state index in [1.54, 1.807) is 32.0 Å². The monoisotopic (exact) mass is 307 g/mol. The van der Waals surface area contributed by atoms with Crippen molar-refractivity contribution in [2.75, 3.05) is 20.0 Å². The molecule has 2 N–H and O–H groups in total. The summed E-state index contributed by atoms with van der Waals surface area (Å²) in [6.45, 7) is 2.02. The Labute approximate surface area is 128 Å². The van der Waals surface area contributed by atoms with Crippen molar-refractivity contribution in [3.8, 4) is 11.5 Å². The third kappa shape index (κ3) is 3.61. The van der Waals surface area contributed by atoms with Gasteiger partial charge >= 0.3 is 0 Å². The highest BCUT2D eigenvalue weighted by Crippen LogP contribution is 2.34. The van der Waals surface area contributed by atoms with Gasteiger partial charge in [-0.1, -0.05) is 0 Å². The number of halogens is 1. The van der Waals surface area contributed by atoms with E-state index in [0.29, 0.717) is 17.2 Å². The maximum Gasteiger partial charge on any atom is 0.161 e. The van der Waals surface area contributed by atoms with E-state index in [4.69, 9.17) is 15.2 Å². The Morgan fingerprint density at radius 3 is 2.38 bits per heavy atom. The third-order valence-electron chi connectivity index (χ3n) is 3.20. The lowest BCUT2D eigenvalue weighted by Crippen LogP contribution is -1.95. The third-order valence-corrected chi connectivity index (χ3v) is 4.34. The van der Waals surface area contributed by atoms with Crippen molar-refractivity contribution in [3.05, 3.63) is 47.3 Å². The molecule has 21 heavy (non-hydrogen) atoms. The van der Waals surface area contributed by atoms with Crippen molar-refractivity contribution in [2.24, 2.45) is 0 Å². The van der Waals surface area contributed by atoms with E-state index in [0.717, 1.165) is 21.8 Å². The van der Waals surface area contributed by atoms with Crippen LogP contribution >= 0.6 is 11.8 Å². The van der Waals surface area contributed by atoms with Crippen LogP contribution in [0.25, 0.3) is 0 Å². The van der Waals surface area contributed by atoms with Crippen LogP contribution in [0.3, 0.4) is 0 Å². The smallest absolute Gasteiger partial charge is 0.161 e. The Bertz CT molecular complexity index is 646. The molecule has 0 aliphatic carbocycles. The Kier molecular flexibility index (Phi) is 4.96. The summed E-state index contributed by atoms with van der Waals surface area (Å²) in [5.41, 5.74) is 8.51. The zero-order valence-electron chi connectivity index (χ0n) is 12.3. The second kappa shape index (κ2) is 6.72. The molecule has 0 radical (unpaired) electrons. The van der Waals surface area contributed by atoms with Gasteiger partial charge in [0.25, 0.3) is 0 Å². The Morgan fingerprint density at radius 2 is 1.76 bits per heavy atom. The molecule has 5 heteroatoms. The molecular formula is C16H18FNO2S. The molecule has 2 rings (SSSR count). The summed E-state index contributed by atoms with van der Waals surface area (Å²) in [7, 11) is 3.23. The number of rotatable bonds is 5. The van der Waals surface area contributed by atoms with Crippen LogP contribution in [0.4, 0.5) is 10.1 Å². The van der Waals surface area contributed by atoms with Gasteiger partial charge in [0.2, 0.25) is 0 Å². The highest BCUT2D eigenvalue weighted by Gasteiger charge is 2.10. The van der Waals surface area contributed by atoms with E-state index in [2.05, 4.69) is 0 Å². The number of nitrogen functional groups attached to an aromatic ring is 1. The van der Waals surface area contributed by atoms with Crippen molar-refractivity contribution >= 4 is 17.4 Å². The summed E-state index contributed by atoms with van der Waals surface area (Å²) in [4.78, 5) is 0.866. The molecule has 0 aromatic heterocycles. The summed E-state index contributed by atoms with van der Waals surface area (Å²) in [5, 5.41) is 0. The van der Waals surface area contributed by atoms with Crippen LogP contribution in [0.5, 0.6) is 11.5 Å². The minimum Gasteiger partial charge on any atom is -0.493 e. The summed E-state index contributed by atoms with van der Waals surface area (Å²) < 4.78 is 23.6. The SMILES string of the molecule is COc1cc(C)c(CSc2ccc(F)cc2N)cc1OC. The number of methoxy groups -OCH3 is 2. The zero-order valence-corrected chi connectivity index (χ0v) is 13.1. The first-order valence-electron chi connectivity index (χ1n) is 6.44. The second-order valence-corrected chi connectivity index (χ2v) is 5.62. The van der Waals surface area contributed by atoms with Gasteiger partial charge in [0.15, 0.2) is 11.5 Å². The lowest BCUT2D eigenvalue weighted by Gasteiger charge is -2.13. The average molecular weight is 307 g/mol. The normalized spacial score (nSPS) is 10.5. The van der Waals surface area contributed by atoms with E-state index >= 15 is 0 Å². The Morgan fingerprint density at radius 1 is 1.10 bits per heavy atom. The fourth-order valence-electron chi connectivity index (χ4n) is 1.98. The van der Waals surface area contributed by atoms with Crippen molar-refractivity contribution in [1.29, 1.82) is 0 Å². The van der Waals surface area contributed by atoms with Crippen LogP contribution in [0.2, 0.25) is 0 Å². The minimum atomic E-state index is -0.320.